The summed E-state index contributed by atoms with van der Waals surface area (Å²) in [4.78, 5) is 25.2. The first-order chi connectivity index (χ1) is 16.6. The molecule has 13 heteroatoms. The topological polar surface area (TPSA) is 94.5 Å². The predicted molar refractivity (Wildman–Crippen MR) is 144 cm³/mol. The molecule has 0 saturated carbocycles. The molecule has 0 unspecified atom stereocenters. The molecule has 1 aromatic carbocycles. The van der Waals surface area contributed by atoms with Gasteiger partial charge in [0.15, 0.2) is 10.9 Å². The van der Waals surface area contributed by atoms with Crippen LogP contribution in [0.25, 0.3) is 0 Å². The summed E-state index contributed by atoms with van der Waals surface area (Å²) >= 11 is 25.0. The Morgan fingerprint density at radius 3 is 2.43 bits per heavy atom. The monoisotopic (exact) mass is 574 g/mol. The lowest BCUT2D eigenvalue weighted by Crippen LogP contribution is -2.21. The van der Waals surface area contributed by atoms with E-state index in [1.54, 1.807) is 49.8 Å². The Kier molecular flexibility index (Phi) is 9.37. The van der Waals surface area contributed by atoms with Crippen molar-refractivity contribution in [3.8, 4) is 0 Å². The zero-order valence-electron chi connectivity index (χ0n) is 18.9. The Morgan fingerprint density at radius 2 is 1.77 bits per heavy atom. The van der Waals surface area contributed by atoms with Crippen LogP contribution < -0.4 is 10.6 Å². The molecule has 3 rings (SSSR count). The Labute approximate surface area is 226 Å². The van der Waals surface area contributed by atoms with Crippen LogP contribution in [0, 0.1) is 6.92 Å². The number of esters is 2. The van der Waals surface area contributed by atoms with E-state index in [1.165, 1.54) is 0 Å². The molecule has 2 heterocycles. The highest BCUT2D eigenvalue weighted by molar-refractivity contribution is 7.80. The average molecular weight is 576 g/mol. The van der Waals surface area contributed by atoms with Crippen LogP contribution in [0.15, 0.2) is 24.4 Å². The maximum Gasteiger partial charge on any atom is 0.348 e. The van der Waals surface area contributed by atoms with Gasteiger partial charge in [0.05, 0.1) is 25.3 Å². The van der Waals surface area contributed by atoms with E-state index in [0.29, 0.717) is 38.0 Å². The molecule has 2 aromatic heterocycles. The molecule has 0 amide bonds. The van der Waals surface area contributed by atoms with Gasteiger partial charge in [0.1, 0.15) is 14.9 Å². The standard InChI is InChI=1S/C22H21Cl3N4O4S2/c1-4-32-20(30)16-11(3)17(21(31)33-5-2)35-19(16)27-22(34)26-18-15(25)10-29(28-18)9-12-6-7-13(23)8-14(12)24/h6-8,10H,4-5,9H2,1-3H3,(H2,26,27,28,34). The van der Waals surface area contributed by atoms with Crippen molar-refractivity contribution in [2.24, 2.45) is 0 Å². The molecule has 0 bridgehead atoms. The van der Waals surface area contributed by atoms with Gasteiger partial charge >= 0.3 is 11.9 Å². The summed E-state index contributed by atoms with van der Waals surface area (Å²) in [7, 11) is 0. The van der Waals surface area contributed by atoms with Gasteiger partial charge in [-0.1, -0.05) is 40.9 Å². The minimum Gasteiger partial charge on any atom is -0.462 e. The third-order valence-corrected chi connectivity index (χ3v) is 6.87. The number of carbonyl (C=O) groups is 2. The summed E-state index contributed by atoms with van der Waals surface area (Å²) in [5.74, 6) is -0.815. The highest BCUT2D eigenvalue weighted by atomic mass is 35.5. The van der Waals surface area contributed by atoms with Gasteiger partial charge < -0.3 is 20.1 Å². The van der Waals surface area contributed by atoms with Crippen LogP contribution in [0.4, 0.5) is 10.8 Å². The van der Waals surface area contributed by atoms with Gasteiger partial charge in [0, 0.05) is 16.2 Å². The van der Waals surface area contributed by atoms with Crippen molar-refractivity contribution in [2.45, 2.75) is 27.3 Å². The van der Waals surface area contributed by atoms with Crippen LogP contribution in [-0.4, -0.2) is 40.0 Å². The van der Waals surface area contributed by atoms with Crippen LogP contribution in [0.1, 0.15) is 45.0 Å². The Balaban J connectivity index is 1.79. The fraction of sp³-hybridized carbons (Fsp3) is 0.273. The van der Waals surface area contributed by atoms with Gasteiger partial charge in [-0.3, -0.25) is 4.68 Å². The maximum atomic E-state index is 12.6. The van der Waals surface area contributed by atoms with Crippen LogP contribution in [0.3, 0.4) is 0 Å². The molecule has 0 atom stereocenters. The smallest absolute Gasteiger partial charge is 0.348 e. The molecule has 0 fully saturated rings. The number of aromatic nitrogens is 2. The first kappa shape index (κ1) is 27.2. The molecular weight excluding hydrogens is 555 g/mol. The minimum absolute atomic E-state index is 0.115. The van der Waals surface area contributed by atoms with Crippen LogP contribution in [-0.2, 0) is 16.0 Å². The molecule has 35 heavy (non-hydrogen) atoms. The summed E-state index contributed by atoms with van der Waals surface area (Å²) in [5, 5.41) is 12.1. The normalized spacial score (nSPS) is 10.7. The van der Waals surface area contributed by atoms with Crippen molar-refractivity contribution >= 4 is 86.2 Å². The van der Waals surface area contributed by atoms with Crippen LogP contribution in [0.2, 0.25) is 15.1 Å². The molecule has 0 aliphatic heterocycles. The van der Waals surface area contributed by atoms with E-state index in [-0.39, 0.29) is 28.8 Å². The lowest BCUT2D eigenvalue weighted by molar-refractivity contribution is 0.0527. The number of anilines is 2. The van der Waals surface area contributed by atoms with Crippen molar-refractivity contribution < 1.29 is 19.1 Å². The zero-order valence-corrected chi connectivity index (χ0v) is 22.8. The zero-order chi connectivity index (χ0) is 25.7. The summed E-state index contributed by atoms with van der Waals surface area (Å²) < 4.78 is 11.8. The Bertz CT molecular complexity index is 1280. The van der Waals surface area contributed by atoms with E-state index in [1.807, 2.05) is 0 Å². The molecule has 8 nitrogen and oxygen atoms in total. The number of benzene rings is 1. The molecule has 2 N–H and O–H groups in total. The number of carbonyl (C=O) groups excluding carboxylic acids is 2. The quantitative estimate of drug-likeness (QED) is 0.235. The predicted octanol–water partition coefficient (Wildman–Crippen LogP) is 6.42. The highest BCUT2D eigenvalue weighted by Crippen LogP contribution is 2.34. The van der Waals surface area contributed by atoms with Gasteiger partial charge in [-0.15, -0.1) is 11.3 Å². The molecule has 0 aliphatic carbocycles. The second-order valence-corrected chi connectivity index (χ2v) is 9.72. The SMILES string of the molecule is CCOC(=O)c1sc(NC(=S)Nc2nn(Cc3ccc(Cl)cc3Cl)cc2Cl)c(C(=O)OCC)c1C. The fourth-order valence-electron chi connectivity index (χ4n) is 3.07. The van der Waals surface area contributed by atoms with Crippen molar-refractivity contribution in [3.63, 3.8) is 0 Å². The number of nitrogens with one attached hydrogen (secondary N) is 2. The average Bonchev–Trinajstić information content (AvgIpc) is 3.29. The second kappa shape index (κ2) is 12.0. The Hall–Kier alpha value is -2.37. The first-order valence-corrected chi connectivity index (χ1v) is 12.7. The number of ether oxygens (including phenoxy) is 2. The molecule has 0 saturated heterocycles. The van der Waals surface area contributed by atoms with Crippen molar-refractivity contribution in [1.82, 2.24) is 9.78 Å². The van der Waals surface area contributed by atoms with Gasteiger partial charge in [0.25, 0.3) is 0 Å². The van der Waals surface area contributed by atoms with E-state index < -0.39 is 11.9 Å². The molecule has 0 radical (unpaired) electrons. The van der Waals surface area contributed by atoms with Gasteiger partial charge in [-0.25, -0.2) is 9.59 Å². The van der Waals surface area contributed by atoms with E-state index in [4.69, 9.17) is 56.5 Å². The third kappa shape index (κ3) is 6.65. The second-order valence-electron chi connectivity index (χ2n) is 7.04. The molecule has 0 aliphatic rings. The fourth-order valence-corrected chi connectivity index (χ4v) is 5.09. The van der Waals surface area contributed by atoms with Gasteiger partial charge in [0.2, 0.25) is 0 Å². The van der Waals surface area contributed by atoms with Crippen molar-refractivity contribution in [3.05, 3.63) is 61.0 Å². The van der Waals surface area contributed by atoms with Gasteiger partial charge in [-0.2, -0.15) is 5.10 Å². The number of thiophene rings is 1. The number of hydrogen-bond acceptors (Lipinski definition) is 7. The lowest BCUT2D eigenvalue weighted by Gasteiger charge is -2.10. The van der Waals surface area contributed by atoms with E-state index >= 15 is 0 Å². The maximum absolute atomic E-state index is 12.6. The van der Waals surface area contributed by atoms with Crippen molar-refractivity contribution in [2.75, 3.05) is 23.8 Å². The minimum atomic E-state index is -0.579. The molecule has 0 spiro atoms. The molecule has 186 valence electrons. The summed E-state index contributed by atoms with van der Waals surface area (Å²) in [5.41, 5.74) is 1.46. The number of hydrogen-bond donors (Lipinski definition) is 2. The summed E-state index contributed by atoms with van der Waals surface area (Å²) in [6, 6.07) is 5.19. The number of nitrogens with zero attached hydrogens (tertiary/aromatic N) is 2. The largest absolute Gasteiger partial charge is 0.462 e. The first-order valence-electron chi connectivity index (χ1n) is 10.4. The lowest BCUT2D eigenvalue weighted by atomic mass is 10.1. The summed E-state index contributed by atoms with van der Waals surface area (Å²) in [6.07, 6.45) is 1.62. The van der Waals surface area contributed by atoms with Crippen molar-refractivity contribution in [1.29, 1.82) is 0 Å². The summed E-state index contributed by atoms with van der Waals surface area (Å²) in [6.45, 7) is 5.79. The van der Waals surface area contributed by atoms with E-state index in [0.717, 1.165) is 16.9 Å². The van der Waals surface area contributed by atoms with Crippen LogP contribution in [0.5, 0.6) is 0 Å². The highest BCUT2D eigenvalue weighted by Gasteiger charge is 2.27. The Morgan fingerprint density at radius 1 is 1.09 bits per heavy atom. The molecular formula is C22H21Cl3N4O4S2. The number of halogens is 3. The number of rotatable bonds is 8. The molecule has 3 aromatic rings. The number of thiocarbonyl (C=S) groups is 1. The van der Waals surface area contributed by atoms with Gasteiger partial charge in [-0.05, 0) is 56.2 Å². The third-order valence-electron chi connectivity index (χ3n) is 4.61. The van der Waals surface area contributed by atoms with E-state index in [2.05, 4.69) is 15.7 Å². The van der Waals surface area contributed by atoms with Crippen LogP contribution >= 0.6 is 58.4 Å². The van der Waals surface area contributed by atoms with E-state index in [9.17, 15) is 9.59 Å².